The van der Waals surface area contributed by atoms with Crippen LogP contribution in [0.25, 0.3) is 22.5 Å². The summed E-state index contributed by atoms with van der Waals surface area (Å²) in [5.74, 6) is 0.418. The molecule has 0 saturated carbocycles. The Balaban J connectivity index is 1.84. The number of phenolic OH excluding ortho intramolecular Hbond substituents is 1. The second-order valence-electron chi connectivity index (χ2n) is 4.91. The van der Waals surface area contributed by atoms with E-state index in [0.717, 1.165) is 16.7 Å². The van der Waals surface area contributed by atoms with Crippen molar-refractivity contribution in [3.05, 3.63) is 66.5 Å². The molecule has 0 spiro atoms. The van der Waals surface area contributed by atoms with Crippen molar-refractivity contribution >= 4 is 5.97 Å². The monoisotopic (exact) mass is 306 g/mol. The first-order chi connectivity index (χ1) is 11.2. The van der Waals surface area contributed by atoms with Gasteiger partial charge in [0.05, 0.1) is 12.7 Å². The summed E-state index contributed by atoms with van der Waals surface area (Å²) in [5.41, 5.74) is 3.09. The van der Waals surface area contributed by atoms with Crippen LogP contribution in [0, 0.1) is 0 Å². The molecule has 0 radical (unpaired) electrons. The molecular weight excluding hydrogens is 292 g/mol. The van der Waals surface area contributed by atoms with Crippen molar-refractivity contribution in [2.45, 2.75) is 0 Å². The molecule has 0 aliphatic heterocycles. The largest absolute Gasteiger partial charge is 0.508 e. The van der Waals surface area contributed by atoms with E-state index in [1.54, 1.807) is 60.9 Å². The highest BCUT2D eigenvalue weighted by atomic mass is 16.5. The zero-order valence-electron chi connectivity index (χ0n) is 12.4. The second kappa shape index (κ2) is 6.27. The molecule has 0 unspecified atom stereocenters. The maximum Gasteiger partial charge on any atom is 0.337 e. The summed E-state index contributed by atoms with van der Waals surface area (Å²) >= 11 is 0. The molecule has 0 saturated heterocycles. The van der Waals surface area contributed by atoms with Crippen molar-refractivity contribution in [3.8, 4) is 28.3 Å². The molecule has 0 aliphatic rings. The molecule has 5 heteroatoms. The first-order valence-electron chi connectivity index (χ1n) is 6.97. The van der Waals surface area contributed by atoms with E-state index in [1.165, 1.54) is 7.11 Å². The van der Waals surface area contributed by atoms with Crippen LogP contribution in [0.2, 0.25) is 0 Å². The van der Waals surface area contributed by atoms with Crippen LogP contribution in [-0.4, -0.2) is 28.2 Å². The lowest BCUT2D eigenvalue weighted by molar-refractivity contribution is 0.0601. The van der Waals surface area contributed by atoms with Crippen molar-refractivity contribution in [2.75, 3.05) is 7.11 Å². The number of phenols is 1. The molecule has 114 valence electrons. The predicted octanol–water partition coefficient (Wildman–Crippen LogP) is 3.30. The maximum absolute atomic E-state index is 11.4. The highest BCUT2D eigenvalue weighted by molar-refractivity contribution is 5.89. The van der Waals surface area contributed by atoms with Crippen LogP contribution in [0.5, 0.6) is 5.75 Å². The number of carbonyl (C=O) groups is 1. The van der Waals surface area contributed by atoms with Crippen molar-refractivity contribution in [1.82, 2.24) is 9.97 Å². The number of hydrogen-bond acceptors (Lipinski definition) is 5. The third kappa shape index (κ3) is 3.18. The fraction of sp³-hybridized carbons (Fsp3) is 0.0556. The van der Waals surface area contributed by atoms with Gasteiger partial charge in [-0.05, 0) is 29.8 Å². The first-order valence-corrected chi connectivity index (χ1v) is 6.97. The number of rotatable bonds is 3. The summed E-state index contributed by atoms with van der Waals surface area (Å²) in [7, 11) is 1.35. The topological polar surface area (TPSA) is 72.3 Å². The average molecular weight is 306 g/mol. The quantitative estimate of drug-likeness (QED) is 0.752. The van der Waals surface area contributed by atoms with E-state index in [2.05, 4.69) is 14.7 Å². The van der Waals surface area contributed by atoms with Crippen LogP contribution in [0.3, 0.4) is 0 Å². The molecule has 0 atom stereocenters. The van der Waals surface area contributed by atoms with Crippen LogP contribution in [0.4, 0.5) is 0 Å². The first kappa shape index (κ1) is 14.7. The van der Waals surface area contributed by atoms with Gasteiger partial charge in [0.2, 0.25) is 0 Å². The molecule has 0 amide bonds. The van der Waals surface area contributed by atoms with E-state index in [1.807, 2.05) is 0 Å². The minimum absolute atomic E-state index is 0.219. The number of methoxy groups -OCH3 is 1. The second-order valence-corrected chi connectivity index (χ2v) is 4.91. The number of ether oxygens (including phenoxy) is 1. The smallest absolute Gasteiger partial charge is 0.337 e. The van der Waals surface area contributed by atoms with Gasteiger partial charge in [-0.3, -0.25) is 0 Å². The van der Waals surface area contributed by atoms with Crippen LogP contribution in [-0.2, 0) is 4.74 Å². The SMILES string of the molecule is COC(=O)c1ccc(-c2ncc(-c3ccc(O)cc3)cn2)cc1. The van der Waals surface area contributed by atoms with Gasteiger partial charge in [-0.25, -0.2) is 14.8 Å². The molecule has 1 aromatic heterocycles. The average Bonchev–Trinajstić information content (AvgIpc) is 2.62. The van der Waals surface area contributed by atoms with E-state index in [0.29, 0.717) is 11.4 Å². The molecule has 23 heavy (non-hydrogen) atoms. The van der Waals surface area contributed by atoms with E-state index >= 15 is 0 Å². The van der Waals surface area contributed by atoms with Gasteiger partial charge in [0.1, 0.15) is 5.75 Å². The van der Waals surface area contributed by atoms with Gasteiger partial charge in [-0.2, -0.15) is 0 Å². The lowest BCUT2D eigenvalue weighted by Crippen LogP contribution is -2.00. The van der Waals surface area contributed by atoms with Crippen LogP contribution < -0.4 is 0 Å². The summed E-state index contributed by atoms with van der Waals surface area (Å²) in [6.07, 6.45) is 3.45. The fourth-order valence-corrected chi connectivity index (χ4v) is 2.15. The van der Waals surface area contributed by atoms with Gasteiger partial charge in [0, 0.05) is 23.5 Å². The van der Waals surface area contributed by atoms with Crippen LogP contribution in [0.1, 0.15) is 10.4 Å². The number of hydrogen-bond donors (Lipinski definition) is 1. The van der Waals surface area contributed by atoms with E-state index in [-0.39, 0.29) is 11.7 Å². The fourth-order valence-electron chi connectivity index (χ4n) is 2.15. The normalized spacial score (nSPS) is 10.3. The Kier molecular flexibility index (Phi) is 4.01. The van der Waals surface area contributed by atoms with Gasteiger partial charge in [-0.15, -0.1) is 0 Å². The summed E-state index contributed by atoms with van der Waals surface area (Å²) in [5, 5.41) is 9.31. The zero-order valence-corrected chi connectivity index (χ0v) is 12.4. The highest BCUT2D eigenvalue weighted by Gasteiger charge is 2.07. The van der Waals surface area contributed by atoms with Crippen molar-refractivity contribution in [1.29, 1.82) is 0 Å². The molecule has 3 rings (SSSR count). The number of carbonyl (C=O) groups excluding carboxylic acids is 1. The third-order valence-electron chi connectivity index (χ3n) is 3.42. The van der Waals surface area contributed by atoms with Crippen LogP contribution >= 0.6 is 0 Å². The molecule has 5 nitrogen and oxygen atoms in total. The van der Waals surface area contributed by atoms with Gasteiger partial charge in [0.15, 0.2) is 5.82 Å². The number of aromatic hydroxyl groups is 1. The van der Waals surface area contributed by atoms with Gasteiger partial charge in [0.25, 0.3) is 0 Å². The van der Waals surface area contributed by atoms with Crippen molar-refractivity contribution < 1.29 is 14.6 Å². The minimum Gasteiger partial charge on any atom is -0.508 e. The molecule has 2 aromatic carbocycles. The van der Waals surface area contributed by atoms with Gasteiger partial charge >= 0.3 is 5.97 Å². The maximum atomic E-state index is 11.4. The molecule has 0 fully saturated rings. The van der Waals surface area contributed by atoms with Crippen LogP contribution in [0.15, 0.2) is 60.9 Å². The Morgan fingerprint density at radius 1 is 0.870 bits per heavy atom. The van der Waals surface area contributed by atoms with Gasteiger partial charge < -0.3 is 9.84 Å². The summed E-state index contributed by atoms with van der Waals surface area (Å²) < 4.78 is 4.67. The predicted molar refractivity (Wildman–Crippen MR) is 85.9 cm³/mol. The Morgan fingerprint density at radius 2 is 1.43 bits per heavy atom. The number of nitrogens with zero attached hydrogens (tertiary/aromatic N) is 2. The molecule has 1 N–H and O–H groups in total. The summed E-state index contributed by atoms with van der Waals surface area (Å²) in [4.78, 5) is 20.1. The number of benzene rings is 2. The lowest BCUT2D eigenvalue weighted by Gasteiger charge is -2.04. The van der Waals surface area contributed by atoms with Crippen molar-refractivity contribution in [2.24, 2.45) is 0 Å². The third-order valence-corrected chi connectivity index (χ3v) is 3.42. The molecule has 3 aromatic rings. The highest BCUT2D eigenvalue weighted by Crippen LogP contribution is 2.22. The number of aromatic nitrogens is 2. The minimum atomic E-state index is -0.375. The van der Waals surface area contributed by atoms with E-state index < -0.39 is 0 Å². The van der Waals surface area contributed by atoms with E-state index in [9.17, 15) is 9.90 Å². The number of esters is 1. The van der Waals surface area contributed by atoms with E-state index in [4.69, 9.17) is 0 Å². The summed E-state index contributed by atoms with van der Waals surface area (Å²) in [6.45, 7) is 0. The molecule has 0 bridgehead atoms. The standard InChI is InChI=1S/C18H14N2O3/c1-23-18(22)14-4-2-13(3-5-14)17-19-10-15(11-20-17)12-6-8-16(21)9-7-12/h2-11,21H,1H3. The Morgan fingerprint density at radius 3 is 2.00 bits per heavy atom. The zero-order chi connectivity index (χ0) is 16.2. The Hall–Kier alpha value is -3.21. The Labute approximate surface area is 133 Å². The molecule has 1 heterocycles. The molecular formula is C18H14N2O3. The molecule has 0 aliphatic carbocycles. The van der Waals surface area contributed by atoms with Gasteiger partial charge in [-0.1, -0.05) is 24.3 Å². The lowest BCUT2D eigenvalue weighted by atomic mass is 10.1. The summed E-state index contributed by atoms with van der Waals surface area (Å²) in [6, 6.07) is 13.8. The van der Waals surface area contributed by atoms with Crippen molar-refractivity contribution in [3.63, 3.8) is 0 Å². The Bertz CT molecular complexity index is 810.